The number of hydrogen-bond donors (Lipinski definition) is 0. The molecule has 0 aliphatic carbocycles. The molecule has 1 aliphatic heterocycles. The maximum absolute atomic E-state index is 9.34. The lowest BCUT2D eigenvalue weighted by Crippen LogP contribution is -2.33. The first-order valence-electron chi connectivity index (χ1n) is 6.19. The van der Waals surface area contributed by atoms with E-state index in [2.05, 4.69) is 11.1 Å². The van der Waals surface area contributed by atoms with Gasteiger partial charge >= 0.3 is 0 Å². The number of nitrogens with zero attached hydrogens (tertiary/aromatic N) is 2. The Bertz CT molecular complexity index is 389. The Morgan fingerprint density at radius 2 is 2.00 bits per heavy atom. The second kappa shape index (κ2) is 6.36. The second-order valence-electron chi connectivity index (χ2n) is 4.02. The van der Waals surface area contributed by atoms with E-state index in [0.29, 0.717) is 13.2 Å². The number of nitriles is 1. The van der Waals surface area contributed by atoms with E-state index in [0.717, 1.165) is 24.1 Å². The minimum atomic E-state index is -0.426. The summed E-state index contributed by atoms with van der Waals surface area (Å²) in [5.41, 5.74) is 1.62. The monoisotopic (exact) mass is 232 g/mol. The van der Waals surface area contributed by atoms with Crippen molar-refractivity contribution in [2.75, 3.05) is 13.2 Å². The molecule has 0 saturated carbocycles. The van der Waals surface area contributed by atoms with E-state index in [9.17, 15) is 5.26 Å². The molecule has 1 aliphatic rings. The third-order valence-electron chi connectivity index (χ3n) is 2.97. The van der Waals surface area contributed by atoms with Gasteiger partial charge in [0.2, 0.25) is 0 Å². The number of rotatable bonds is 1. The van der Waals surface area contributed by atoms with Crippen LogP contribution in [-0.4, -0.2) is 18.2 Å². The van der Waals surface area contributed by atoms with Crippen molar-refractivity contribution in [3.8, 4) is 6.07 Å². The molecule has 2 rings (SSSR count). The van der Waals surface area contributed by atoms with Crippen LogP contribution in [0.25, 0.3) is 0 Å². The normalized spacial score (nSPS) is 17.5. The zero-order valence-electron chi connectivity index (χ0n) is 10.9. The van der Waals surface area contributed by atoms with Crippen LogP contribution < -0.4 is 0 Å². The molecule has 0 amide bonds. The van der Waals surface area contributed by atoms with Gasteiger partial charge in [0.15, 0.2) is 0 Å². The van der Waals surface area contributed by atoms with Gasteiger partial charge in [-0.25, -0.2) is 0 Å². The molecule has 1 aromatic heterocycles. The molecule has 0 N–H and O–H groups in total. The lowest BCUT2D eigenvalue weighted by molar-refractivity contribution is 0.0663. The van der Waals surface area contributed by atoms with Crippen LogP contribution in [0, 0.1) is 18.3 Å². The van der Waals surface area contributed by atoms with E-state index in [1.807, 2.05) is 32.9 Å². The number of aromatic nitrogens is 1. The van der Waals surface area contributed by atoms with Gasteiger partial charge in [-0.1, -0.05) is 13.8 Å². The average Bonchev–Trinajstić information content (AvgIpc) is 2.42. The van der Waals surface area contributed by atoms with Crippen LogP contribution in [0.5, 0.6) is 0 Å². The SMILES string of the molecule is CC.Cc1ccnc(C2(C#N)CCOCC2)c1. The summed E-state index contributed by atoms with van der Waals surface area (Å²) in [4.78, 5) is 4.33. The minimum Gasteiger partial charge on any atom is -0.381 e. The Hall–Kier alpha value is -1.40. The Morgan fingerprint density at radius 1 is 1.35 bits per heavy atom. The summed E-state index contributed by atoms with van der Waals surface area (Å²) in [6.45, 7) is 7.34. The summed E-state index contributed by atoms with van der Waals surface area (Å²) in [5, 5.41) is 9.34. The molecule has 3 heteroatoms. The molecule has 1 fully saturated rings. The van der Waals surface area contributed by atoms with Gasteiger partial charge in [-0.3, -0.25) is 4.98 Å². The Morgan fingerprint density at radius 3 is 2.53 bits per heavy atom. The summed E-state index contributed by atoms with van der Waals surface area (Å²) in [6, 6.07) is 6.38. The van der Waals surface area contributed by atoms with Gasteiger partial charge in [0.05, 0.1) is 11.8 Å². The fourth-order valence-electron chi connectivity index (χ4n) is 1.94. The highest BCUT2D eigenvalue weighted by Crippen LogP contribution is 2.32. The minimum absolute atomic E-state index is 0.426. The molecule has 3 nitrogen and oxygen atoms in total. The van der Waals surface area contributed by atoms with Crippen LogP contribution in [0.1, 0.15) is 37.9 Å². The van der Waals surface area contributed by atoms with Crippen LogP contribution in [-0.2, 0) is 10.2 Å². The first-order chi connectivity index (χ1) is 8.27. The van der Waals surface area contributed by atoms with Gasteiger partial charge in [-0.05, 0) is 37.5 Å². The zero-order chi connectivity index (χ0) is 12.7. The molecule has 0 unspecified atom stereocenters. The second-order valence-corrected chi connectivity index (χ2v) is 4.02. The number of hydrogen-bond acceptors (Lipinski definition) is 3. The molecule has 92 valence electrons. The van der Waals surface area contributed by atoms with Crippen molar-refractivity contribution < 1.29 is 4.74 Å². The Balaban J connectivity index is 0.000000686. The van der Waals surface area contributed by atoms with Gasteiger partial charge in [0.25, 0.3) is 0 Å². The standard InChI is InChI=1S/C12H14N2O.C2H6/c1-10-2-5-14-11(8-10)12(9-13)3-6-15-7-4-12;1-2/h2,5,8H,3-4,6-7H2,1H3;1-2H3. The van der Waals surface area contributed by atoms with Crippen molar-refractivity contribution in [2.24, 2.45) is 0 Å². The predicted molar refractivity (Wildman–Crippen MR) is 67.7 cm³/mol. The predicted octanol–water partition coefficient (Wildman–Crippen LogP) is 2.99. The van der Waals surface area contributed by atoms with E-state index in [-0.39, 0.29) is 0 Å². The summed E-state index contributed by atoms with van der Waals surface area (Å²) in [6.07, 6.45) is 3.28. The van der Waals surface area contributed by atoms with Crippen LogP contribution in [0.2, 0.25) is 0 Å². The van der Waals surface area contributed by atoms with E-state index in [4.69, 9.17) is 4.74 Å². The van der Waals surface area contributed by atoms with Crippen LogP contribution in [0.4, 0.5) is 0 Å². The van der Waals surface area contributed by atoms with Crippen molar-refractivity contribution in [3.05, 3.63) is 29.6 Å². The highest BCUT2D eigenvalue weighted by Gasteiger charge is 2.35. The van der Waals surface area contributed by atoms with E-state index in [1.54, 1.807) is 6.20 Å². The van der Waals surface area contributed by atoms with E-state index in [1.165, 1.54) is 0 Å². The van der Waals surface area contributed by atoms with Crippen LogP contribution >= 0.6 is 0 Å². The van der Waals surface area contributed by atoms with Crippen molar-refractivity contribution in [2.45, 2.75) is 39.0 Å². The number of pyridine rings is 1. The third kappa shape index (κ3) is 3.04. The van der Waals surface area contributed by atoms with Gasteiger partial charge in [-0.15, -0.1) is 0 Å². The van der Waals surface area contributed by atoms with Crippen LogP contribution in [0.3, 0.4) is 0 Å². The van der Waals surface area contributed by atoms with Crippen molar-refractivity contribution in [1.82, 2.24) is 4.98 Å². The first-order valence-corrected chi connectivity index (χ1v) is 6.19. The van der Waals surface area contributed by atoms with E-state index < -0.39 is 5.41 Å². The molecule has 2 heterocycles. The molecular formula is C14H20N2O. The smallest absolute Gasteiger partial charge is 0.104 e. The quantitative estimate of drug-likeness (QED) is 0.747. The summed E-state index contributed by atoms with van der Waals surface area (Å²) in [7, 11) is 0. The Labute approximate surface area is 103 Å². The molecule has 0 bridgehead atoms. The molecule has 0 spiro atoms. The number of ether oxygens (including phenoxy) is 1. The fraction of sp³-hybridized carbons (Fsp3) is 0.571. The van der Waals surface area contributed by atoms with Crippen molar-refractivity contribution >= 4 is 0 Å². The van der Waals surface area contributed by atoms with Gasteiger partial charge in [-0.2, -0.15) is 5.26 Å². The lowest BCUT2D eigenvalue weighted by Gasteiger charge is -2.30. The maximum atomic E-state index is 9.34. The highest BCUT2D eigenvalue weighted by molar-refractivity contribution is 5.29. The fourth-order valence-corrected chi connectivity index (χ4v) is 1.94. The average molecular weight is 232 g/mol. The Kier molecular flexibility index (Phi) is 5.11. The van der Waals surface area contributed by atoms with Gasteiger partial charge < -0.3 is 4.74 Å². The molecule has 17 heavy (non-hydrogen) atoms. The van der Waals surface area contributed by atoms with Crippen molar-refractivity contribution in [3.63, 3.8) is 0 Å². The highest BCUT2D eigenvalue weighted by atomic mass is 16.5. The van der Waals surface area contributed by atoms with Crippen molar-refractivity contribution in [1.29, 1.82) is 5.26 Å². The molecule has 1 aromatic rings. The summed E-state index contributed by atoms with van der Waals surface area (Å²) in [5.74, 6) is 0. The molecule has 1 saturated heterocycles. The largest absolute Gasteiger partial charge is 0.381 e. The topological polar surface area (TPSA) is 45.9 Å². The third-order valence-corrected chi connectivity index (χ3v) is 2.97. The molecular weight excluding hydrogens is 212 g/mol. The molecule has 0 atom stereocenters. The van der Waals surface area contributed by atoms with Crippen LogP contribution in [0.15, 0.2) is 18.3 Å². The zero-order valence-corrected chi connectivity index (χ0v) is 10.9. The maximum Gasteiger partial charge on any atom is 0.104 e. The molecule has 0 aromatic carbocycles. The van der Waals surface area contributed by atoms with Gasteiger partial charge in [0.1, 0.15) is 5.41 Å². The van der Waals surface area contributed by atoms with Gasteiger partial charge in [0, 0.05) is 19.4 Å². The summed E-state index contributed by atoms with van der Waals surface area (Å²) >= 11 is 0. The lowest BCUT2D eigenvalue weighted by atomic mass is 9.78. The first kappa shape index (κ1) is 13.7. The van der Waals surface area contributed by atoms with E-state index >= 15 is 0 Å². The number of aryl methyl sites for hydroxylation is 1. The molecule has 0 radical (unpaired) electrons. The summed E-state index contributed by atoms with van der Waals surface area (Å²) < 4.78 is 5.30.